The maximum absolute atomic E-state index is 11.6. The van der Waals surface area contributed by atoms with Gasteiger partial charge in [-0.25, -0.2) is 0 Å². The molecule has 1 aromatic carbocycles. The first kappa shape index (κ1) is 12.9. The number of hydrogen-bond donors (Lipinski definition) is 3. The van der Waals surface area contributed by atoms with Gasteiger partial charge in [0, 0.05) is 18.3 Å². The number of amides is 1. The van der Waals surface area contributed by atoms with Crippen molar-refractivity contribution in [3.05, 3.63) is 45.7 Å². The molecule has 2 rings (SSSR count). The first-order chi connectivity index (χ1) is 9.15. The number of nitrogens with one attached hydrogen (secondary N) is 3. The van der Waals surface area contributed by atoms with E-state index in [4.69, 9.17) is 6.42 Å². The van der Waals surface area contributed by atoms with E-state index >= 15 is 0 Å². The summed E-state index contributed by atoms with van der Waals surface area (Å²) in [5, 5.41) is 5.90. The van der Waals surface area contributed by atoms with Crippen molar-refractivity contribution < 1.29 is 4.79 Å². The number of hydrogen-bond acceptors (Lipinski definition) is 4. The molecule has 19 heavy (non-hydrogen) atoms. The molecule has 5 nitrogen and oxygen atoms in total. The summed E-state index contributed by atoms with van der Waals surface area (Å²) in [5.41, 5.74) is 1.09. The van der Waals surface area contributed by atoms with Gasteiger partial charge in [0.05, 0.1) is 0 Å². The number of H-pyrrole nitrogens is 1. The van der Waals surface area contributed by atoms with E-state index in [1.165, 1.54) is 7.05 Å². The van der Waals surface area contributed by atoms with E-state index < -0.39 is 11.5 Å². The Morgan fingerprint density at radius 2 is 2.26 bits per heavy atom. The molecule has 2 aromatic rings. The van der Waals surface area contributed by atoms with Crippen molar-refractivity contribution in [2.75, 3.05) is 12.4 Å². The molecule has 96 valence electrons. The van der Waals surface area contributed by atoms with Crippen molar-refractivity contribution in [3.63, 3.8) is 0 Å². The predicted molar refractivity (Wildman–Crippen MR) is 76.0 cm³/mol. The topological polar surface area (TPSA) is 74.0 Å². The summed E-state index contributed by atoms with van der Waals surface area (Å²) in [7, 11) is 1.47. The summed E-state index contributed by atoms with van der Waals surface area (Å²) in [6.07, 6.45) is 5.32. The zero-order valence-corrected chi connectivity index (χ0v) is 10.9. The van der Waals surface area contributed by atoms with Gasteiger partial charge in [-0.2, -0.15) is 0 Å². The third kappa shape index (κ3) is 2.67. The fourth-order valence-corrected chi connectivity index (χ4v) is 2.29. The van der Waals surface area contributed by atoms with E-state index in [1.807, 2.05) is 0 Å². The summed E-state index contributed by atoms with van der Waals surface area (Å²) < 4.78 is 2.52. The van der Waals surface area contributed by atoms with Crippen LogP contribution in [0.1, 0.15) is 15.9 Å². The molecule has 0 bridgehead atoms. The zero-order chi connectivity index (χ0) is 13.8. The van der Waals surface area contributed by atoms with Crippen LogP contribution in [0.4, 0.5) is 10.7 Å². The summed E-state index contributed by atoms with van der Waals surface area (Å²) in [5.74, 6) is 2.09. The molecule has 0 fully saturated rings. The largest absolute Gasteiger partial charge is 0.355 e. The van der Waals surface area contributed by atoms with Crippen LogP contribution >= 0.6 is 11.5 Å². The number of carbonyl (C=O) groups is 1. The van der Waals surface area contributed by atoms with Crippen molar-refractivity contribution in [1.29, 1.82) is 0 Å². The van der Waals surface area contributed by atoms with E-state index in [0.717, 1.165) is 22.8 Å². The average Bonchev–Trinajstić information content (AvgIpc) is 2.79. The van der Waals surface area contributed by atoms with Crippen LogP contribution < -0.4 is 16.2 Å². The number of rotatable bonds is 3. The molecule has 0 aliphatic rings. The molecule has 6 heteroatoms. The second-order valence-corrected chi connectivity index (χ2v) is 4.48. The van der Waals surface area contributed by atoms with Gasteiger partial charge in [0.2, 0.25) is 0 Å². The van der Waals surface area contributed by atoms with Crippen LogP contribution in [0.5, 0.6) is 0 Å². The molecule has 0 spiro atoms. The molecule has 0 saturated heterocycles. The highest BCUT2D eigenvalue weighted by Crippen LogP contribution is 2.22. The molecule has 0 aliphatic carbocycles. The van der Waals surface area contributed by atoms with E-state index in [1.54, 1.807) is 24.3 Å². The lowest BCUT2D eigenvalue weighted by molar-refractivity contribution is 0.0963. The second kappa shape index (κ2) is 5.42. The number of aromatic amines is 1. The smallest absolute Gasteiger partial charge is 0.273 e. The van der Waals surface area contributed by atoms with Crippen LogP contribution in [-0.4, -0.2) is 17.3 Å². The van der Waals surface area contributed by atoms with Gasteiger partial charge in [-0.1, -0.05) is 12.0 Å². The van der Waals surface area contributed by atoms with E-state index in [-0.39, 0.29) is 5.56 Å². The summed E-state index contributed by atoms with van der Waals surface area (Å²) in [6.45, 7) is 0. The molecule has 3 N–H and O–H groups in total. The number of benzene rings is 1. The Hall–Kier alpha value is -2.52. The molecular weight excluding hydrogens is 262 g/mol. The molecule has 1 heterocycles. The lowest BCUT2D eigenvalue weighted by Crippen LogP contribution is -2.24. The van der Waals surface area contributed by atoms with Gasteiger partial charge in [0.25, 0.3) is 11.5 Å². The van der Waals surface area contributed by atoms with Gasteiger partial charge < -0.3 is 10.6 Å². The number of terminal acetylenes is 1. The van der Waals surface area contributed by atoms with Crippen LogP contribution in [0, 0.1) is 12.3 Å². The van der Waals surface area contributed by atoms with Gasteiger partial charge in [-0.3, -0.25) is 14.0 Å². The SMILES string of the molecule is C#Cc1cccc(Nc2s[nH]c(=O)c2C(=O)NC)c1. The summed E-state index contributed by atoms with van der Waals surface area (Å²) in [6, 6.07) is 7.16. The fourth-order valence-electron chi connectivity index (χ4n) is 1.54. The van der Waals surface area contributed by atoms with Crippen LogP contribution in [0.15, 0.2) is 29.1 Å². The Morgan fingerprint density at radius 1 is 1.47 bits per heavy atom. The molecule has 1 aromatic heterocycles. The van der Waals surface area contributed by atoms with E-state index in [2.05, 4.69) is 20.9 Å². The highest BCUT2D eigenvalue weighted by atomic mass is 32.1. The molecule has 0 unspecified atom stereocenters. The van der Waals surface area contributed by atoms with Crippen LogP contribution in [0.3, 0.4) is 0 Å². The van der Waals surface area contributed by atoms with Gasteiger partial charge in [-0.05, 0) is 29.7 Å². The third-order valence-corrected chi connectivity index (χ3v) is 3.24. The minimum Gasteiger partial charge on any atom is -0.355 e. The van der Waals surface area contributed by atoms with E-state index in [0.29, 0.717) is 5.00 Å². The molecule has 0 saturated carbocycles. The van der Waals surface area contributed by atoms with Gasteiger partial charge >= 0.3 is 0 Å². The van der Waals surface area contributed by atoms with Crippen molar-refractivity contribution in [2.24, 2.45) is 0 Å². The lowest BCUT2D eigenvalue weighted by Gasteiger charge is -2.05. The molecular formula is C13H11N3O2S. The maximum atomic E-state index is 11.6. The Morgan fingerprint density at radius 3 is 2.95 bits per heavy atom. The number of aromatic nitrogens is 1. The Balaban J connectivity index is 2.36. The van der Waals surface area contributed by atoms with E-state index in [9.17, 15) is 9.59 Å². The lowest BCUT2D eigenvalue weighted by atomic mass is 10.2. The third-order valence-electron chi connectivity index (χ3n) is 2.44. The highest BCUT2D eigenvalue weighted by Gasteiger charge is 2.17. The van der Waals surface area contributed by atoms with Crippen molar-refractivity contribution in [2.45, 2.75) is 0 Å². The van der Waals surface area contributed by atoms with Gasteiger partial charge in [-0.15, -0.1) is 6.42 Å². The zero-order valence-electron chi connectivity index (χ0n) is 10.1. The number of carbonyl (C=O) groups excluding carboxylic acids is 1. The Bertz CT molecular complexity index is 709. The van der Waals surface area contributed by atoms with Gasteiger partial charge in [0.15, 0.2) is 0 Å². The predicted octanol–water partition coefficient (Wildman–Crippen LogP) is 1.52. The van der Waals surface area contributed by atoms with Crippen molar-refractivity contribution in [1.82, 2.24) is 9.69 Å². The molecule has 0 atom stereocenters. The average molecular weight is 273 g/mol. The van der Waals surface area contributed by atoms with Crippen LogP contribution in [-0.2, 0) is 0 Å². The van der Waals surface area contributed by atoms with Crippen LogP contribution in [0.2, 0.25) is 0 Å². The second-order valence-electron chi connectivity index (χ2n) is 3.67. The summed E-state index contributed by atoms with van der Waals surface area (Å²) in [4.78, 5) is 23.2. The standard InChI is InChI=1S/C13H11N3O2S/c1-3-8-5-4-6-9(7-8)15-13-10(11(17)14-2)12(18)16-19-13/h1,4-7,15H,2H3,(H,14,17)(H,16,18). The van der Waals surface area contributed by atoms with Crippen LogP contribution in [0.25, 0.3) is 0 Å². The fraction of sp³-hybridized carbons (Fsp3) is 0.0769. The quantitative estimate of drug-likeness (QED) is 0.742. The first-order valence-corrected chi connectivity index (χ1v) is 6.24. The van der Waals surface area contributed by atoms with Gasteiger partial charge in [0.1, 0.15) is 10.6 Å². The highest BCUT2D eigenvalue weighted by molar-refractivity contribution is 7.10. The van der Waals surface area contributed by atoms with Crippen molar-refractivity contribution >= 4 is 28.1 Å². The van der Waals surface area contributed by atoms with Crippen molar-refractivity contribution in [3.8, 4) is 12.3 Å². The molecule has 0 radical (unpaired) electrons. The monoisotopic (exact) mass is 273 g/mol. The Kier molecular flexibility index (Phi) is 3.68. The Labute approximate surface area is 113 Å². The summed E-state index contributed by atoms with van der Waals surface area (Å²) >= 11 is 1.07. The number of anilines is 2. The maximum Gasteiger partial charge on any atom is 0.273 e. The molecule has 0 aliphatic heterocycles. The first-order valence-electron chi connectivity index (χ1n) is 5.43. The molecule has 1 amide bonds. The normalized spacial score (nSPS) is 9.68. The minimum absolute atomic E-state index is 0.0682. The minimum atomic E-state index is -0.432.